The van der Waals surface area contributed by atoms with Crippen LogP contribution in [0.4, 0.5) is 18.9 Å². The number of fused-ring (bicyclic) bond motifs is 1. The number of ether oxygens (including phenoxy) is 2. The molecule has 0 unspecified atom stereocenters. The van der Waals surface area contributed by atoms with Gasteiger partial charge in [-0.05, 0) is 24.3 Å². The van der Waals surface area contributed by atoms with E-state index in [1.165, 1.54) is 24.3 Å². The van der Waals surface area contributed by atoms with Crippen LogP contribution >= 0.6 is 0 Å². The Hall–Kier alpha value is -3.28. The molecule has 1 aromatic heterocycles. The molecule has 0 bridgehead atoms. The van der Waals surface area contributed by atoms with E-state index in [4.69, 9.17) is 13.9 Å². The minimum absolute atomic E-state index is 0.0245. The van der Waals surface area contributed by atoms with Crippen molar-refractivity contribution in [3.05, 3.63) is 53.7 Å². The van der Waals surface area contributed by atoms with Gasteiger partial charge in [-0.3, -0.25) is 4.31 Å². The van der Waals surface area contributed by atoms with Crippen molar-refractivity contribution in [1.29, 1.82) is 0 Å². The van der Waals surface area contributed by atoms with Gasteiger partial charge in [0.2, 0.25) is 22.7 Å². The summed E-state index contributed by atoms with van der Waals surface area (Å²) < 4.78 is 80.8. The molecule has 1 aliphatic rings. The largest absolute Gasteiger partial charge is 0.454 e. The lowest BCUT2D eigenvalue weighted by Gasteiger charge is -2.23. The van der Waals surface area contributed by atoms with Crippen LogP contribution in [0.25, 0.3) is 11.5 Å². The van der Waals surface area contributed by atoms with Crippen molar-refractivity contribution >= 4 is 15.7 Å². The van der Waals surface area contributed by atoms with Crippen LogP contribution in [0.3, 0.4) is 0 Å². The Morgan fingerprint density at radius 2 is 1.87 bits per heavy atom. The molecule has 3 aromatic rings. The minimum atomic E-state index is -3.77. The maximum Gasteiger partial charge on any atom is 0.314 e. The fourth-order valence-corrected chi connectivity index (χ4v) is 3.71. The lowest BCUT2D eigenvalue weighted by atomic mass is 10.1. The molecule has 158 valence electrons. The highest BCUT2D eigenvalue weighted by Gasteiger charge is 2.24. The first kappa shape index (κ1) is 20.0. The molecule has 0 aliphatic carbocycles. The van der Waals surface area contributed by atoms with Crippen molar-refractivity contribution in [3.8, 4) is 23.0 Å². The Labute approximate surface area is 168 Å². The second kappa shape index (κ2) is 7.52. The summed E-state index contributed by atoms with van der Waals surface area (Å²) in [5, 5.41) is 6.66. The molecule has 4 rings (SSSR count). The molecule has 30 heavy (non-hydrogen) atoms. The average Bonchev–Trinajstić information content (AvgIpc) is 3.35. The maximum atomic E-state index is 14.7. The molecule has 0 spiro atoms. The highest BCUT2D eigenvalue weighted by molar-refractivity contribution is 7.92. The Balaban J connectivity index is 1.63. The molecular weight excluding hydrogens is 427 g/mol. The van der Waals surface area contributed by atoms with E-state index in [9.17, 15) is 21.6 Å². The molecule has 0 saturated heterocycles. The van der Waals surface area contributed by atoms with Crippen LogP contribution in [-0.2, 0) is 16.6 Å². The predicted molar refractivity (Wildman–Crippen MR) is 98.2 cm³/mol. The number of aromatic nitrogens is 2. The Kier molecular flexibility index (Phi) is 5.02. The summed E-state index contributed by atoms with van der Waals surface area (Å²) in [6, 6.07) is 8.28. The van der Waals surface area contributed by atoms with Gasteiger partial charge in [0.25, 0.3) is 5.89 Å². The van der Waals surface area contributed by atoms with Crippen LogP contribution in [0.1, 0.15) is 17.9 Å². The van der Waals surface area contributed by atoms with E-state index in [0.29, 0.717) is 11.5 Å². The van der Waals surface area contributed by atoms with E-state index in [1.807, 2.05) is 0 Å². The zero-order valence-electron chi connectivity index (χ0n) is 15.4. The van der Waals surface area contributed by atoms with Gasteiger partial charge in [0.05, 0.1) is 18.5 Å². The molecular formula is C18H14F3N3O5S. The smallest absolute Gasteiger partial charge is 0.314 e. The van der Waals surface area contributed by atoms with E-state index in [-0.39, 0.29) is 36.0 Å². The van der Waals surface area contributed by atoms with Crippen molar-refractivity contribution in [1.82, 2.24) is 10.2 Å². The summed E-state index contributed by atoms with van der Waals surface area (Å²) in [6.45, 7) is -0.284. The van der Waals surface area contributed by atoms with Gasteiger partial charge in [0, 0.05) is 17.2 Å². The number of anilines is 1. The standard InChI is InChI=1S/C18H14F3N3O5S/c1-30(25,26)24(12-4-5-14-15(7-12)28-9-27-14)8-11-3-2-10(6-13(11)19)17-22-23-18(29-17)16(20)21/h2-7,16H,8-9H2,1H3. The van der Waals surface area contributed by atoms with Gasteiger partial charge in [-0.25, -0.2) is 12.8 Å². The summed E-state index contributed by atoms with van der Waals surface area (Å²) in [5.41, 5.74) is 0.406. The highest BCUT2D eigenvalue weighted by Crippen LogP contribution is 2.36. The number of nitrogens with zero attached hydrogens (tertiary/aromatic N) is 3. The number of hydrogen-bond acceptors (Lipinski definition) is 7. The molecule has 2 aromatic carbocycles. The molecule has 8 nitrogen and oxygen atoms in total. The number of hydrogen-bond donors (Lipinski definition) is 0. The maximum absolute atomic E-state index is 14.7. The van der Waals surface area contributed by atoms with Crippen LogP contribution in [0, 0.1) is 5.82 Å². The van der Waals surface area contributed by atoms with Gasteiger partial charge in [-0.1, -0.05) is 6.07 Å². The summed E-state index contributed by atoms with van der Waals surface area (Å²) in [4.78, 5) is 0. The summed E-state index contributed by atoms with van der Waals surface area (Å²) >= 11 is 0. The topological polar surface area (TPSA) is 94.8 Å². The third kappa shape index (κ3) is 3.90. The second-order valence-corrected chi connectivity index (χ2v) is 8.27. The van der Waals surface area contributed by atoms with Gasteiger partial charge in [-0.15, -0.1) is 10.2 Å². The summed E-state index contributed by atoms with van der Waals surface area (Å²) in [7, 11) is -3.77. The van der Waals surface area contributed by atoms with Crippen LogP contribution < -0.4 is 13.8 Å². The van der Waals surface area contributed by atoms with Crippen molar-refractivity contribution < 1.29 is 35.5 Å². The summed E-state index contributed by atoms with van der Waals surface area (Å²) in [6.07, 6.45) is -1.95. The normalized spacial score (nSPS) is 13.1. The van der Waals surface area contributed by atoms with E-state index in [0.717, 1.165) is 16.6 Å². The summed E-state index contributed by atoms with van der Waals surface area (Å²) in [5.74, 6) is -1.06. The molecule has 0 N–H and O–H groups in total. The lowest BCUT2D eigenvalue weighted by molar-refractivity contribution is 0.116. The molecule has 0 atom stereocenters. The molecule has 0 radical (unpaired) electrons. The van der Waals surface area contributed by atoms with Crippen LogP contribution in [-0.4, -0.2) is 31.7 Å². The fourth-order valence-electron chi connectivity index (χ4n) is 2.84. The Morgan fingerprint density at radius 3 is 2.53 bits per heavy atom. The van der Waals surface area contributed by atoms with E-state index in [2.05, 4.69) is 10.2 Å². The molecule has 0 amide bonds. The quantitative estimate of drug-likeness (QED) is 0.578. The monoisotopic (exact) mass is 441 g/mol. The van der Waals surface area contributed by atoms with E-state index in [1.54, 1.807) is 6.07 Å². The van der Waals surface area contributed by atoms with Gasteiger partial charge < -0.3 is 13.9 Å². The predicted octanol–water partition coefficient (Wildman–Crippen LogP) is 3.51. The first-order chi connectivity index (χ1) is 14.2. The molecule has 1 aliphatic heterocycles. The van der Waals surface area contributed by atoms with E-state index < -0.39 is 28.2 Å². The number of rotatable bonds is 6. The van der Waals surface area contributed by atoms with Gasteiger partial charge in [-0.2, -0.15) is 8.78 Å². The van der Waals surface area contributed by atoms with Crippen molar-refractivity contribution in [2.24, 2.45) is 0 Å². The van der Waals surface area contributed by atoms with E-state index >= 15 is 0 Å². The zero-order chi connectivity index (χ0) is 21.5. The first-order valence-corrected chi connectivity index (χ1v) is 10.3. The highest BCUT2D eigenvalue weighted by atomic mass is 32.2. The molecule has 0 fully saturated rings. The van der Waals surface area contributed by atoms with Crippen LogP contribution in [0.2, 0.25) is 0 Å². The number of alkyl halides is 2. The molecule has 12 heteroatoms. The zero-order valence-corrected chi connectivity index (χ0v) is 16.2. The van der Waals surface area contributed by atoms with Crippen LogP contribution in [0.15, 0.2) is 40.8 Å². The van der Waals surface area contributed by atoms with Crippen LogP contribution in [0.5, 0.6) is 11.5 Å². The lowest BCUT2D eigenvalue weighted by Crippen LogP contribution is -2.29. The number of benzene rings is 2. The third-order valence-corrected chi connectivity index (χ3v) is 5.43. The molecule has 0 saturated carbocycles. The third-order valence-electron chi connectivity index (χ3n) is 4.29. The van der Waals surface area contributed by atoms with Gasteiger partial charge in [0.1, 0.15) is 5.82 Å². The van der Waals surface area contributed by atoms with Crippen molar-refractivity contribution in [3.63, 3.8) is 0 Å². The number of sulfonamides is 1. The fraction of sp³-hybridized carbons (Fsp3) is 0.222. The first-order valence-electron chi connectivity index (χ1n) is 8.50. The Morgan fingerprint density at radius 1 is 1.10 bits per heavy atom. The van der Waals surface area contributed by atoms with Crippen molar-refractivity contribution in [2.75, 3.05) is 17.4 Å². The minimum Gasteiger partial charge on any atom is -0.454 e. The van der Waals surface area contributed by atoms with Crippen molar-refractivity contribution in [2.45, 2.75) is 13.0 Å². The Bertz CT molecular complexity index is 1200. The molecule has 2 heterocycles. The SMILES string of the molecule is CS(=O)(=O)N(Cc1ccc(-c2nnc(C(F)F)o2)cc1F)c1ccc2c(c1)OCO2. The second-order valence-electron chi connectivity index (χ2n) is 6.36. The van der Waals surface area contributed by atoms with Gasteiger partial charge in [0.15, 0.2) is 11.5 Å². The average molecular weight is 441 g/mol. The van der Waals surface area contributed by atoms with Gasteiger partial charge >= 0.3 is 6.43 Å². The number of halogens is 3.